The number of nitrogens with zero attached hydrogens (tertiary/aromatic N) is 3. The molecule has 0 bridgehead atoms. The minimum Gasteiger partial charge on any atom is -0.378 e. The molecule has 0 saturated carbocycles. The molecule has 2 fully saturated rings. The van der Waals surface area contributed by atoms with Crippen LogP contribution in [0.3, 0.4) is 0 Å². The molecule has 1 N–H and O–H groups in total. The minimum absolute atomic E-state index is 0.0682. The number of carbonyl (C=O) groups is 2. The molecule has 1 unspecified atom stereocenters. The summed E-state index contributed by atoms with van der Waals surface area (Å²) >= 11 is 1.47. The predicted octanol–water partition coefficient (Wildman–Crippen LogP) is 3.66. The third-order valence-corrected chi connectivity index (χ3v) is 10.9. The molecule has 4 heterocycles. The SMILES string of the molecule is CC1CCCN(S(=O)(=O)c2ccc(C(=O)Nc3sc4c(c3C(=O)N3CCOCC3)CCN(C(C)C)C4)cc2)C1. The van der Waals surface area contributed by atoms with Crippen molar-refractivity contribution in [1.29, 1.82) is 0 Å². The molecule has 5 rings (SSSR count). The Labute approximate surface area is 235 Å². The van der Waals surface area contributed by atoms with Gasteiger partial charge in [-0.15, -0.1) is 11.3 Å². The topological polar surface area (TPSA) is 99.3 Å². The van der Waals surface area contributed by atoms with E-state index in [1.165, 1.54) is 27.8 Å². The molecule has 1 aromatic carbocycles. The molecule has 0 radical (unpaired) electrons. The highest BCUT2D eigenvalue weighted by Gasteiger charge is 2.33. The van der Waals surface area contributed by atoms with Gasteiger partial charge in [-0.3, -0.25) is 14.5 Å². The van der Waals surface area contributed by atoms with Crippen molar-refractivity contribution in [2.45, 2.75) is 57.5 Å². The predicted molar refractivity (Wildman–Crippen MR) is 152 cm³/mol. The first-order valence-electron chi connectivity index (χ1n) is 13.8. The minimum atomic E-state index is -3.60. The highest BCUT2D eigenvalue weighted by molar-refractivity contribution is 7.89. The van der Waals surface area contributed by atoms with E-state index in [0.29, 0.717) is 67.5 Å². The number of hydrogen-bond donors (Lipinski definition) is 1. The summed E-state index contributed by atoms with van der Waals surface area (Å²) in [7, 11) is -3.60. The number of thiophene rings is 1. The van der Waals surface area contributed by atoms with Crippen LogP contribution in [-0.2, 0) is 27.7 Å². The monoisotopic (exact) mass is 574 g/mol. The molecule has 2 amide bonds. The number of morpholine rings is 1. The third-order valence-electron chi connectivity index (χ3n) is 7.93. The number of amides is 2. The van der Waals surface area contributed by atoms with E-state index >= 15 is 0 Å². The Bertz CT molecular complexity index is 1320. The van der Waals surface area contributed by atoms with Gasteiger partial charge in [0, 0.05) is 55.8 Å². The smallest absolute Gasteiger partial charge is 0.257 e. The quantitative estimate of drug-likeness (QED) is 0.566. The molecular weight excluding hydrogens is 536 g/mol. The van der Waals surface area contributed by atoms with Gasteiger partial charge in [-0.05, 0) is 68.9 Å². The van der Waals surface area contributed by atoms with Gasteiger partial charge < -0.3 is 15.0 Å². The summed E-state index contributed by atoms with van der Waals surface area (Å²) < 4.78 is 33.2. The Hall–Kier alpha value is -2.31. The van der Waals surface area contributed by atoms with Crippen LogP contribution in [0.2, 0.25) is 0 Å². The lowest BCUT2D eigenvalue weighted by Gasteiger charge is -2.31. The zero-order chi connectivity index (χ0) is 27.7. The van der Waals surface area contributed by atoms with E-state index in [4.69, 9.17) is 4.74 Å². The fraction of sp³-hybridized carbons (Fsp3) is 0.571. The van der Waals surface area contributed by atoms with Crippen LogP contribution in [0.15, 0.2) is 29.2 Å². The maximum Gasteiger partial charge on any atom is 0.257 e. The van der Waals surface area contributed by atoms with Gasteiger partial charge in [-0.25, -0.2) is 8.42 Å². The maximum absolute atomic E-state index is 13.7. The molecule has 2 saturated heterocycles. The largest absolute Gasteiger partial charge is 0.378 e. The van der Waals surface area contributed by atoms with Crippen LogP contribution in [-0.4, -0.2) is 86.3 Å². The van der Waals surface area contributed by atoms with Crippen molar-refractivity contribution >= 4 is 38.2 Å². The first-order valence-corrected chi connectivity index (χ1v) is 16.1. The lowest BCUT2D eigenvalue weighted by atomic mass is 10.0. The van der Waals surface area contributed by atoms with Crippen LogP contribution in [0.5, 0.6) is 0 Å². The summed E-state index contributed by atoms with van der Waals surface area (Å²) in [5, 5.41) is 3.56. The number of hydrogen-bond acceptors (Lipinski definition) is 7. The van der Waals surface area contributed by atoms with E-state index < -0.39 is 10.0 Å². The van der Waals surface area contributed by atoms with E-state index in [9.17, 15) is 18.0 Å². The average molecular weight is 575 g/mol. The molecule has 2 aromatic rings. The normalized spacial score (nSPS) is 21.1. The molecule has 3 aliphatic rings. The van der Waals surface area contributed by atoms with E-state index in [2.05, 4.69) is 31.0 Å². The highest BCUT2D eigenvalue weighted by atomic mass is 32.2. The second-order valence-corrected chi connectivity index (χ2v) is 14.1. The molecule has 1 aromatic heterocycles. The highest BCUT2D eigenvalue weighted by Crippen LogP contribution is 2.39. The van der Waals surface area contributed by atoms with Crippen LogP contribution < -0.4 is 5.32 Å². The zero-order valence-corrected chi connectivity index (χ0v) is 24.6. The van der Waals surface area contributed by atoms with Gasteiger partial charge in [0.15, 0.2) is 0 Å². The van der Waals surface area contributed by atoms with Crippen molar-refractivity contribution in [1.82, 2.24) is 14.1 Å². The van der Waals surface area contributed by atoms with Gasteiger partial charge in [0.1, 0.15) is 5.00 Å². The molecule has 3 aliphatic heterocycles. The summed E-state index contributed by atoms with van der Waals surface area (Å²) in [6, 6.07) is 6.49. The van der Waals surface area contributed by atoms with Crippen LogP contribution in [0.1, 0.15) is 64.8 Å². The molecule has 39 heavy (non-hydrogen) atoms. The summed E-state index contributed by atoms with van der Waals surface area (Å²) in [4.78, 5) is 32.5. The Morgan fingerprint density at radius 3 is 2.46 bits per heavy atom. The molecule has 212 valence electrons. The fourth-order valence-electron chi connectivity index (χ4n) is 5.57. The molecule has 11 heteroatoms. The number of carbonyl (C=O) groups excluding carboxylic acids is 2. The van der Waals surface area contributed by atoms with Gasteiger partial charge >= 0.3 is 0 Å². The third kappa shape index (κ3) is 5.92. The average Bonchev–Trinajstić information content (AvgIpc) is 3.30. The van der Waals surface area contributed by atoms with Crippen molar-refractivity contribution in [3.05, 3.63) is 45.8 Å². The van der Waals surface area contributed by atoms with Crippen molar-refractivity contribution in [3.8, 4) is 0 Å². The lowest BCUT2D eigenvalue weighted by Crippen LogP contribution is -2.41. The van der Waals surface area contributed by atoms with Crippen molar-refractivity contribution < 1.29 is 22.7 Å². The summed E-state index contributed by atoms with van der Waals surface area (Å²) in [6.07, 6.45) is 2.64. The summed E-state index contributed by atoms with van der Waals surface area (Å²) in [5.74, 6) is -0.0978. The first-order chi connectivity index (χ1) is 18.6. The van der Waals surface area contributed by atoms with Gasteiger partial charge in [0.2, 0.25) is 10.0 Å². The Morgan fingerprint density at radius 1 is 1.08 bits per heavy atom. The van der Waals surface area contributed by atoms with Crippen LogP contribution in [0, 0.1) is 5.92 Å². The van der Waals surface area contributed by atoms with Crippen LogP contribution in [0.4, 0.5) is 5.00 Å². The summed E-state index contributed by atoms with van der Waals surface area (Å²) in [6.45, 7) is 11.1. The van der Waals surface area contributed by atoms with Crippen LogP contribution >= 0.6 is 11.3 Å². The van der Waals surface area contributed by atoms with E-state index in [0.717, 1.165) is 42.8 Å². The molecule has 1 atom stereocenters. The number of benzene rings is 1. The number of piperidine rings is 1. The van der Waals surface area contributed by atoms with E-state index in [-0.39, 0.29) is 16.7 Å². The number of fused-ring (bicyclic) bond motifs is 1. The number of anilines is 1. The number of ether oxygens (including phenoxy) is 1. The number of nitrogens with one attached hydrogen (secondary N) is 1. The molecule has 0 aliphatic carbocycles. The maximum atomic E-state index is 13.7. The fourth-order valence-corrected chi connectivity index (χ4v) is 8.43. The number of sulfonamides is 1. The van der Waals surface area contributed by atoms with Crippen molar-refractivity contribution in [2.24, 2.45) is 5.92 Å². The Balaban J connectivity index is 1.38. The Morgan fingerprint density at radius 2 is 1.79 bits per heavy atom. The molecule has 0 spiro atoms. The molecular formula is C28H38N4O5S2. The second kappa shape index (κ2) is 11.7. The van der Waals surface area contributed by atoms with E-state index in [1.54, 1.807) is 17.0 Å². The van der Waals surface area contributed by atoms with Gasteiger partial charge in [-0.2, -0.15) is 4.31 Å². The first kappa shape index (κ1) is 28.2. The molecule has 9 nitrogen and oxygen atoms in total. The Kier molecular flexibility index (Phi) is 8.44. The van der Waals surface area contributed by atoms with Crippen LogP contribution in [0.25, 0.3) is 0 Å². The summed E-state index contributed by atoms with van der Waals surface area (Å²) in [5.41, 5.74) is 1.97. The van der Waals surface area contributed by atoms with Crippen molar-refractivity contribution in [3.63, 3.8) is 0 Å². The standard InChI is InChI=1S/C28H38N4O5S2/c1-19(2)31-12-10-23-24(18-31)38-27(25(23)28(34)30-13-15-37-16-14-30)29-26(33)21-6-8-22(9-7-21)39(35,36)32-11-4-5-20(3)17-32/h6-9,19-20H,4-5,10-18H2,1-3H3,(H,29,33). The van der Waals surface area contributed by atoms with E-state index in [1.807, 2.05) is 0 Å². The van der Waals surface area contributed by atoms with Gasteiger partial charge in [0.25, 0.3) is 11.8 Å². The zero-order valence-electron chi connectivity index (χ0n) is 22.9. The van der Waals surface area contributed by atoms with Crippen molar-refractivity contribution in [2.75, 3.05) is 51.3 Å². The second-order valence-electron chi connectivity index (χ2n) is 11.0. The van der Waals surface area contributed by atoms with Gasteiger partial charge in [-0.1, -0.05) is 6.92 Å². The number of rotatable bonds is 6. The lowest BCUT2D eigenvalue weighted by molar-refractivity contribution is 0.0302. The van der Waals surface area contributed by atoms with Gasteiger partial charge in [0.05, 0.1) is 23.7 Å².